The second-order valence-corrected chi connectivity index (χ2v) is 7.95. The van der Waals surface area contributed by atoms with E-state index in [0.29, 0.717) is 23.3 Å². The van der Waals surface area contributed by atoms with Crippen LogP contribution in [0, 0.1) is 0 Å². The number of hydrogen-bond acceptors (Lipinski definition) is 5. The molecule has 8 heteroatoms. The van der Waals surface area contributed by atoms with Gasteiger partial charge in [0.05, 0.1) is 11.0 Å². The Bertz CT molecular complexity index is 1140. The molecule has 0 saturated heterocycles. The zero-order valence-corrected chi connectivity index (χ0v) is 18.5. The Morgan fingerprint density at radius 2 is 1.90 bits per heavy atom. The highest BCUT2D eigenvalue weighted by Crippen LogP contribution is 2.19. The highest BCUT2D eigenvalue weighted by atomic mass is 32.2. The van der Waals surface area contributed by atoms with Gasteiger partial charge >= 0.3 is 0 Å². The van der Waals surface area contributed by atoms with Gasteiger partial charge in [0.1, 0.15) is 12.2 Å². The molecule has 2 aromatic carbocycles. The maximum Gasteiger partial charge on any atom is 0.273 e. The van der Waals surface area contributed by atoms with Crippen molar-refractivity contribution >= 4 is 40.3 Å². The lowest BCUT2D eigenvalue weighted by atomic mass is 10.2. The third-order valence-corrected chi connectivity index (χ3v) is 5.46. The summed E-state index contributed by atoms with van der Waals surface area (Å²) < 4.78 is 1.43. The van der Waals surface area contributed by atoms with Gasteiger partial charge in [0, 0.05) is 30.0 Å². The van der Waals surface area contributed by atoms with Gasteiger partial charge in [-0.15, -0.1) is 11.8 Å². The molecule has 0 aliphatic carbocycles. The number of thioether (sulfide) groups is 1. The van der Waals surface area contributed by atoms with Gasteiger partial charge in [0.25, 0.3) is 5.56 Å². The molecule has 31 heavy (non-hydrogen) atoms. The summed E-state index contributed by atoms with van der Waals surface area (Å²) in [4.78, 5) is 43.2. The van der Waals surface area contributed by atoms with Crippen molar-refractivity contribution in [2.24, 2.45) is 0 Å². The molecule has 1 aromatic heterocycles. The zero-order valence-electron chi connectivity index (χ0n) is 17.7. The van der Waals surface area contributed by atoms with Crippen molar-refractivity contribution in [2.45, 2.75) is 37.6 Å². The molecule has 7 nitrogen and oxygen atoms in total. The Morgan fingerprint density at radius 3 is 2.68 bits per heavy atom. The number of amides is 2. The molecular formula is C23H26N4O3S. The Labute approximate surface area is 185 Å². The lowest BCUT2D eigenvalue weighted by Crippen LogP contribution is -2.32. The van der Waals surface area contributed by atoms with Crippen LogP contribution in [-0.2, 0) is 22.6 Å². The molecule has 0 unspecified atom stereocenters. The number of nitrogens with zero attached hydrogens (tertiary/aromatic N) is 2. The summed E-state index contributed by atoms with van der Waals surface area (Å²) in [6, 6.07) is 14.7. The predicted octanol–water partition coefficient (Wildman–Crippen LogP) is 3.22. The third-order valence-electron chi connectivity index (χ3n) is 4.74. The van der Waals surface area contributed by atoms with E-state index in [2.05, 4.69) is 15.6 Å². The van der Waals surface area contributed by atoms with E-state index < -0.39 is 0 Å². The number of benzene rings is 2. The second-order valence-electron chi connectivity index (χ2n) is 7.07. The quantitative estimate of drug-likeness (QED) is 0.501. The van der Waals surface area contributed by atoms with Gasteiger partial charge in [-0.05, 0) is 43.0 Å². The van der Waals surface area contributed by atoms with E-state index in [1.807, 2.05) is 43.5 Å². The normalized spacial score (nSPS) is 10.8. The number of hydrogen-bond donors (Lipinski definition) is 2. The fraction of sp³-hybridized carbons (Fsp3) is 0.304. The summed E-state index contributed by atoms with van der Waals surface area (Å²) in [7, 11) is 0. The van der Waals surface area contributed by atoms with Crippen LogP contribution in [0.25, 0.3) is 11.0 Å². The van der Waals surface area contributed by atoms with Gasteiger partial charge in [-0.3, -0.25) is 19.0 Å². The minimum Gasteiger partial charge on any atom is -0.356 e. The number of anilines is 1. The van der Waals surface area contributed by atoms with Crippen molar-refractivity contribution in [2.75, 3.05) is 18.1 Å². The molecule has 0 aliphatic heterocycles. The lowest BCUT2D eigenvalue weighted by molar-refractivity contribution is -0.121. The molecule has 0 atom stereocenters. The van der Waals surface area contributed by atoms with Crippen molar-refractivity contribution < 1.29 is 9.59 Å². The van der Waals surface area contributed by atoms with E-state index in [4.69, 9.17) is 0 Å². The predicted molar refractivity (Wildman–Crippen MR) is 124 cm³/mol. The van der Waals surface area contributed by atoms with Crippen molar-refractivity contribution in [1.82, 2.24) is 14.9 Å². The first kappa shape index (κ1) is 22.6. The summed E-state index contributed by atoms with van der Waals surface area (Å²) in [5, 5.41) is 5.65. The minimum absolute atomic E-state index is 0.117. The van der Waals surface area contributed by atoms with Gasteiger partial charge in [0.2, 0.25) is 11.8 Å². The SMILES string of the molecule is CCCNC(=O)CCc1nc2ccccc2n(CC(=O)Nc2cccc(SC)c2)c1=O. The molecule has 1 heterocycles. The molecule has 0 saturated carbocycles. The van der Waals surface area contributed by atoms with Crippen molar-refractivity contribution in [3.05, 3.63) is 64.6 Å². The van der Waals surface area contributed by atoms with Gasteiger partial charge in [-0.25, -0.2) is 4.98 Å². The molecular weight excluding hydrogens is 412 g/mol. The van der Waals surface area contributed by atoms with E-state index in [1.165, 1.54) is 4.57 Å². The molecule has 0 spiro atoms. The van der Waals surface area contributed by atoms with Crippen LogP contribution >= 0.6 is 11.8 Å². The molecule has 162 valence electrons. The van der Waals surface area contributed by atoms with Crippen LogP contribution in [0.3, 0.4) is 0 Å². The summed E-state index contributed by atoms with van der Waals surface area (Å²) in [5.74, 6) is -0.419. The number of carbonyl (C=O) groups excluding carboxylic acids is 2. The van der Waals surface area contributed by atoms with Gasteiger partial charge in [-0.1, -0.05) is 25.1 Å². The third kappa shape index (κ3) is 5.95. The zero-order chi connectivity index (χ0) is 22.2. The first-order valence-electron chi connectivity index (χ1n) is 10.2. The standard InChI is InChI=1S/C23H26N4O3S/c1-3-13-24-21(28)12-11-19-23(30)27(20-10-5-4-9-18(20)26-19)15-22(29)25-16-7-6-8-17(14-16)31-2/h4-10,14H,3,11-13,15H2,1-2H3,(H,24,28)(H,25,29). The van der Waals surface area contributed by atoms with Crippen LogP contribution in [0.1, 0.15) is 25.5 Å². The van der Waals surface area contributed by atoms with Gasteiger partial charge in [-0.2, -0.15) is 0 Å². The van der Waals surface area contributed by atoms with Crippen LogP contribution in [0.15, 0.2) is 58.2 Å². The smallest absolute Gasteiger partial charge is 0.273 e. The molecule has 3 rings (SSSR count). The second kappa shape index (κ2) is 10.8. The highest BCUT2D eigenvalue weighted by Gasteiger charge is 2.15. The van der Waals surface area contributed by atoms with E-state index in [0.717, 1.165) is 11.3 Å². The fourth-order valence-electron chi connectivity index (χ4n) is 3.19. The molecule has 0 fully saturated rings. The average molecular weight is 439 g/mol. The van der Waals surface area contributed by atoms with Crippen molar-refractivity contribution in [1.29, 1.82) is 0 Å². The molecule has 2 amide bonds. The molecule has 2 N–H and O–H groups in total. The van der Waals surface area contributed by atoms with Crippen molar-refractivity contribution in [3.8, 4) is 0 Å². The Kier molecular flexibility index (Phi) is 7.83. The lowest BCUT2D eigenvalue weighted by Gasteiger charge is -2.13. The number of aryl methyl sites for hydroxylation is 1. The average Bonchev–Trinajstić information content (AvgIpc) is 2.78. The van der Waals surface area contributed by atoms with Gasteiger partial charge in [0.15, 0.2) is 0 Å². The monoisotopic (exact) mass is 438 g/mol. The van der Waals surface area contributed by atoms with Crippen molar-refractivity contribution in [3.63, 3.8) is 0 Å². The highest BCUT2D eigenvalue weighted by molar-refractivity contribution is 7.98. The number of para-hydroxylation sites is 2. The van der Waals surface area contributed by atoms with Crippen LogP contribution < -0.4 is 16.2 Å². The fourth-order valence-corrected chi connectivity index (χ4v) is 3.65. The Hall–Kier alpha value is -3.13. The topological polar surface area (TPSA) is 93.1 Å². The molecule has 3 aromatic rings. The number of carbonyl (C=O) groups is 2. The minimum atomic E-state index is -0.352. The number of rotatable bonds is 9. The van der Waals surface area contributed by atoms with E-state index in [1.54, 1.807) is 30.0 Å². The number of aromatic nitrogens is 2. The van der Waals surface area contributed by atoms with Crippen LogP contribution in [0.5, 0.6) is 0 Å². The first-order chi connectivity index (χ1) is 15.0. The maximum absolute atomic E-state index is 13.1. The Balaban J connectivity index is 1.84. The van der Waals surface area contributed by atoms with Gasteiger partial charge < -0.3 is 10.6 Å². The summed E-state index contributed by atoms with van der Waals surface area (Å²) in [6.07, 6.45) is 3.21. The first-order valence-corrected chi connectivity index (χ1v) is 11.4. The largest absolute Gasteiger partial charge is 0.356 e. The molecule has 0 aliphatic rings. The van der Waals surface area contributed by atoms with E-state index in [-0.39, 0.29) is 42.5 Å². The molecule has 0 radical (unpaired) electrons. The number of fused-ring (bicyclic) bond motifs is 1. The summed E-state index contributed by atoms with van der Waals surface area (Å²) in [6.45, 7) is 2.44. The summed E-state index contributed by atoms with van der Waals surface area (Å²) >= 11 is 1.59. The molecule has 0 bridgehead atoms. The van der Waals surface area contributed by atoms with Crippen LogP contribution in [0.2, 0.25) is 0 Å². The summed E-state index contributed by atoms with van der Waals surface area (Å²) in [5.41, 5.74) is 1.80. The Morgan fingerprint density at radius 1 is 1.10 bits per heavy atom. The number of nitrogens with one attached hydrogen (secondary N) is 2. The van der Waals surface area contributed by atoms with Crippen LogP contribution in [-0.4, -0.2) is 34.2 Å². The maximum atomic E-state index is 13.1. The van der Waals surface area contributed by atoms with E-state index >= 15 is 0 Å². The van der Waals surface area contributed by atoms with E-state index in [9.17, 15) is 14.4 Å². The van der Waals surface area contributed by atoms with Crippen LogP contribution in [0.4, 0.5) is 5.69 Å².